The first-order valence-electron chi connectivity index (χ1n) is 40.4. The van der Waals surface area contributed by atoms with E-state index in [1.54, 1.807) is 0 Å². The van der Waals surface area contributed by atoms with Gasteiger partial charge in [0.25, 0.3) is 0 Å². The molecule has 6 nitrogen and oxygen atoms in total. The van der Waals surface area contributed by atoms with Gasteiger partial charge in [-0.2, -0.15) is 36.9 Å². The van der Waals surface area contributed by atoms with Gasteiger partial charge >= 0.3 is 24.3 Å². The third-order valence-electron chi connectivity index (χ3n) is 19.6. The summed E-state index contributed by atoms with van der Waals surface area (Å²) in [6.45, 7) is 9.92. The maximum absolute atomic E-state index is 13.2. The summed E-state index contributed by atoms with van der Waals surface area (Å²) < 4.78 is 88.4. The van der Waals surface area contributed by atoms with Crippen molar-refractivity contribution in [3.8, 4) is 70.7 Å². The molecule has 0 saturated carbocycles. The highest BCUT2D eigenvalue weighted by Gasteiger charge is 2.32. The lowest BCUT2D eigenvalue weighted by molar-refractivity contribution is -0.183. The van der Waals surface area contributed by atoms with Crippen LogP contribution in [0.25, 0.3) is 70.7 Å². The first kappa shape index (κ1) is 89.1. The average molecular weight is 1600 g/mol. The van der Waals surface area contributed by atoms with E-state index in [9.17, 15) is 46.5 Å². The lowest BCUT2D eigenvalue weighted by Crippen LogP contribution is -2.20. The van der Waals surface area contributed by atoms with Gasteiger partial charge in [0.2, 0.25) is 0 Å². The highest BCUT2D eigenvalue weighted by atomic mass is 32.1. The fourth-order valence-corrected chi connectivity index (χ4v) is 22.7. The number of thiophene rings is 7. The van der Waals surface area contributed by atoms with Crippen LogP contribution in [-0.4, -0.2) is 37.5 Å². The number of carbonyl (C=O) groups is 2. The molecule has 0 aliphatic heterocycles. The van der Waals surface area contributed by atoms with Crippen molar-refractivity contribution >= 4 is 103 Å². The number of hydrogen-bond donors (Lipinski definition) is 0. The first-order valence-corrected chi connectivity index (χ1v) is 46.1. The number of rotatable bonds is 54. The number of unbranched alkanes of at least 4 members (excludes halogenated alkanes) is 30. The number of carbonyl (C=O) groups excluding carboxylic acids is 2. The molecular weight excluding hydrogens is 1490 g/mol. The van der Waals surface area contributed by atoms with Crippen LogP contribution in [-0.2, 0) is 57.6 Å². The van der Waals surface area contributed by atoms with E-state index in [4.69, 9.17) is 0 Å². The van der Waals surface area contributed by atoms with E-state index in [-0.39, 0.29) is 0 Å². The Bertz CT molecular complexity index is 3670. The number of hydrogen-bond acceptors (Lipinski definition) is 13. The second kappa shape index (κ2) is 48.6. The molecule has 7 rings (SSSR count). The Morgan fingerprint density at radius 3 is 0.766 bits per heavy atom. The van der Waals surface area contributed by atoms with Gasteiger partial charge in [-0.3, -0.25) is 0 Å². The van der Waals surface area contributed by atoms with Crippen molar-refractivity contribution in [2.45, 2.75) is 324 Å². The summed E-state index contributed by atoms with van der Waals surface area (Å²) >= 11 is 12.3. The van der Waals surface area contributed by atoms with E-state index < -0.39 is 48.7 Å². The van der Waals surface area contributed by atoms with E-state index in [0.717, 1.165) is 159 Å². The highest BCUT2D eigenvalue weighted by molar-refractivity contribution is 7.31. The van der Waals surface area contributed by atoms with Gasteiger partial charge in [-0.1, -0.05) is 234 Å². The lowest BCUT2D eigenvalue weighted by atomic mass is 10.0. The smallest absolute Gasteiger partial charge is 0.422 e. The number of halogens is 6. The molecule has 7 aromatic rings. The van der Waals surface area contributed by atoms with E-state index in [1.165, 1.54) is 237 Å². The summed E-state index contributed by atoms with van der Waals surface area (Å²) in [5, 5.41) is 20.2. The van der Waals surface area contributed by atoms with Gasteiger partial charge in [-0.25, -0.2) is 9.59 Å². The zero-order chi connectivity index (χ0) is 76.8. The average Bonchev–Trinajstić information content (AvgIpc) is 1.62. The number of nitrogens with zero attached hydrogens (tertiary/aromatic N) is 2. The molecule has 0 unspecified atom stereocenters. The zero-order valence-electron chi connectivity index (χ0n) is 64.5. The van der Waals surface area contributed by atoms with Crippen LogP contribution < -0.4 is 0 Å². The van der Waals surface area contributed by atoms with Crippen LogP contribution in [0.1, 0.15) is 316 Å². The highest BCUT2D eigenvalue weighted by Crippen LogP contribution is 2.53. The van der Waals surface area contributed by atoms with Gasteiger partial charge in [-0.15, -0.1) is 79.4 Å². The molecule has 0 aliphatic carbocycles. The molecule has 0 radical (unpaired) electrons. The number of aryl methyl sites for hydroxylation is 6. The van der Waals surface area contributed by atoms with E-state index >= 15 is 0 Å². The SMILES string of the molecule is CCCCCCCCc1cc(/C=C(\C#N)C(=O)OCC(F)(F)F)sc1-c1cc(CCCCCCCC)c(-c2cc(CCCCCCCC)c(-c3ccc(-c4sc(-c5sc(-c6sc(/C=C(\C#N)C(=O)OCC(F)(F)F)cc6CCCCCCCC)cc5CCCCCCCC)cc4CCCCCCCC)s3)s2)s1. The minimum absolute atomic E-state index is 0.464. The fraction of sp³-hybridized carbons (Fsp3) is 0.591. The van der Waals surface area contributed by atoms with E-state index in [0.29, 0.717) is 9.75 Å². The Morgan fingerprint density at radius 1 is 0.318 bits per heavy atom. The summed E-state index contributed by atoms with van der Waals surface area (Å²) in [6, 6.07) is 22.2. The van der Waals surface area contributed by atoms with Crippen LogP contribution in [0.4, 0.5) is 26.3 Å². The number of ether oxygens (including phenoxy) is 2. The predicted octanol–water partition coefficient (Wildman–Crippen LogP) is 31.6. The van der Waals surface area contributed by atoms with Crippen molar-refractivity contribution in [3.05, 3.63) is 103 Å². The standard InChI is InChI=1S/C88H116F6N2O4S7/c1-7-13-19-25-31-37-43-63-51-71(53-69(59-95)85(97)99-61-87(89,90)91)101-81(63)75-57-67(47-41-35-29-23-17-11-5)83(106-75)77-55-65(45-39-33-27-21-15-9-3)79(104-77)73-49-50-74(103-73)80-66(46-40-34-28-22-16-10-4)56-78(105-80)84-68(48-42-36-30-24-18-12-6)58-76(107-84)82-64(44-38-32-26-20-14-8-2)52-72(102-82)54-70(60-96)86(98)100-62-88(92,93)94/h49-58H,7-48,61-62H2,1-6H3/b69-53+,70-54+. The summed E-state index contributed by atoms with van der Waals surface area (Å²) in [5.41, 5.74) is 6.69. The third kappa shape index (κ3) is 30.5. The Hall–Kier alpha value is -5.12. The molecule has 0 atom stereocenters. The quantitative estimate of drug-likeness (QED) is 0.0124. The largest absolute Gasteiger partial charge is 0.452 e. The third-order valence-corrected chi connectivity index (χ3v) is 28.7. The first-order chi connectivity index (χ1) is 51.8. The number of esters is 2. The van der Waals surface area contributed by atoms with Gasteiger partial charge in [0.05, 0.1) is 0 Å². The van der Waals surface area contributed by atoms with Crippen molar-refractivity contribution in [2.75, 3.05) is 13.2 Å². The fourth-order valence-electron chi connectivity index (χ4n) is 13.7. The van der Waals surface area contributed by atoms with Crippen molar-refractivity contribution in [2.24, 2.45) is 0 Å². The second-order valence-electron chi connectivity index (χ2n) is 28.9. The van der Waals surface area contributed by atoms with Crippen LogP contribution in [0.3, 0.4) is 0 Å². The Morgan fingerprint density at radius 2 is 0.533 bits per heavy atom. The lowest BCUT2D eigenvalue weighted by Gasteiger charge is -2.06. The summed E-state index contributed by atoms with van der Waals surface area (Å²) in [5.74, 6) is -2.58. The molecule has 0 amide bonds. The van der Waals surface area contributed by atoms with E-state index in [1.807, 2.05) is 81.0 Å². The molecule has 0 saturated heterocycles. The van der Waals surface area contributed by atoms with Crippen LogP contribution in [0, 0.1) is 22.7 Å². The van der Waals surface area contributed by atoms with Crippen LogP contribution in [0.2, 0.25) is 0 Å². The molecule has 0 bridgehead atoms. The monoisotopic (exact) mass is 1600 g/mol. The van der Waals surface area contributed by atoms with Crippen LogP contribution in [0.5, 0.6) is 0 Å². The molecule has 586 valence electrons. The molecule has 0 spiro atoms. The van der Waals surface area contributed by atoms with E-state index in [2.05, 4.69) is 87.4 Å². The normalized spacial score (nSPS) is 12.2. The van der Waals surface area contributed by atoms with Crippen LogP contribution in [0.15, 0.2) is 59.7 Å². The minimum atomic E-state index is -4.72. The van der Waals surface area contributed by atoms with Gasteiger partial charge in [-0.05, 0) is 171 Å². The zero-order valence-corrected chi connectivity index (χ0v) is 70.3. The maximum Gasteiger partial charge on any atom is 0.422 e. The maximum atomic E-state index is 13.2. The van der Waals surface area contributed by atoms with Crippen molar-refractivity contribution < 1.29 is 45.4 Å². The van der Waals surface area contributed by atoms with Gasteiger partial charge in [0.1, 0.15) is 23.3 Å². The second-order valence-corrected chi connectivity index (χ2v) is 36.3. The Labute approximate surface area is 664 Å². The molecule has 0 aromatic carbocycles. The summed E-state index contributed by atoms with van der Waals surface area (Å²) in [6.07, 6.45) is 40.4. The molecule has 0 aliphatic rings. The molecule has 0 fully saturated rings. The topological polar surface area (TPSA) is 100 Å². The molecular formula is C88H116F6N2O4S7. The summed E-state index contributed by atoms with van der Waals surface area (Å²) in [7, 11) is 0. The molecule has 0 N–H and O–H groups in total. The Kier molecular flexibility index (Phi) is 40.5. The molecule has 19 heteroatoms. The van der Waals surface area contributed by atoms with Gasteiger partial charge in [0, 0.05) is 68.3 Å². The Balaban J connectivity index is 1.35. The minimum Gasteiger partial charge on any atom is -0.452 e. The van der Waals surface area contributed by atoms with Crippen molar-refractivity contribution in [1.82, 2.24) is 0 Å². The van der Waals surface area contributed by atoms with Crippen LogP contribution >= 0.6 is 79.4 Å². The number of alkyl halides is 6. The van der Waals surface area contributed by atoms with Crippen molar-refractivity contribution in [1.29, 1.82) is 10.5 Å². The summed E-state index contributed by atoms with van der Waals surface area (Å²) in [4.78, 5) is 41.8. The molecule has 7 aromatic heterocycles. The van der Waals surface area contributed by atoms with Gasteiger partial charge in [0.15, 0.2) is 13.2 Å². The molecule has 107 heavy (non-hydrogen) atoms. The molecule has 7 heterocycles. The predicted molar refractivity (Wildman–Crippen MR) is 448 cm³/mol. The van der Waals surface area contributed by atoms with Crippen molar-refractivity contribution in [3.63, 3.8) is 0 Å². The van der Waals surface area contributed by atoms with Gasteiger partial charge < -0.3 is 9.47 Å². The number of nitriles is 2.